The number of hydrogen-bond acceptors (Lipinski definition) is 3. The summed E-state index contributed by atoms with van der Waals surface area (Å²) in [4.78, 5) is 10.9. The van der Waals surface area contributed by atoms with Crippen molar-refractivity contribution in [3.05, 3.63) is 29.3 Å². The minimum atomic E-state index is -4.00. The lowest BCUT2D eigenvalue weighted by molar-refractivity contribution is -0.135. The van der Waals surface area contributed by atoms with Gasteiger partial charge < -0.3 is 5.11 Å². The Kier molecular flexibility index (Phi) is 5.01. The predicted molar refractivity (Wildman–Crippen MR) is 78.2 cm³/mol. The van der Waals surface area contributed by atoms with Gasteiger partial charge in [0.25, 0.3) is 0 Å². The fourth-order valence-electron chi connectivity index (χ4n) is 1.51. The van der Waals surface area contributed by atoms with Gasteiger partial charge in [-0.25, -0.2) is 4.31 Å². The van der Waals surface area contributed by atoms with E-state index in [9.17, 15) is 13.2 Å². The van der Waals surface area contributed by atoms with E-state index in [0.29, 0.717) is 5.02 Å². The maximum atomic E-state index is 12.3. The van der Waals surface area contributed by atoms with Gasteiger partial charge in [0.2, 0.25) is 0 Å². The van der Waals surface area contributed by atoms with Crippen molar-refractivity contribution in [1.82, 2.24) is 4.72 Å². The molecule has 20 heavy (non-hydrogen) atoms. The number of hydrogen-bond donors (Lipinski definition) is 2. The highest BCUT2D eigenvalue weighted by molar-refractivity contribution is 7.91. The van der Waals surface area contributed by atoms with Gasteiger partial charge in [-0.05, 0) is 39.0 Å². The van der Waals surface area contributed by atoms with E-state index >= 15 is 0 Å². The van der Waals surface area contributed by atoms with E-state index in [1.165, 1.54) is 12.1 Å². The molecule has 1 aromatic rings. The molecule has 0 atom stereocenters. The van der Waals surface area contributed by atoms with Crippen molar-refractivity contribution in [2.75, 3.05) is 10.8 Å². The molecule has 0 radical (unpaired) electrons. The van der Waals surface area contributed by atoms with Gasteiger partial charge in [-0.1, -0.05) is 17.7 Å². The summed E-state index contributed by atoms with van der Waals surface area (Å²) >= 11 is 5.82. The standard InChI is InChI=1S/C12H17ClN2O4S/c1-12(2,3)14-20(18,19)15(8-11(16)17)10-6-4-5-9(13)7-10/h4-7,14H,8H2,1-3H3,(H,16,17). The molecule has 0 aliphatic heterocycles. The molecule has 0 aliphatic rings. The first-order valence-corrected chi connectivity index (χ1v) is 7.62. The molecule has 8 heteroatoms. The molecule has 0 spiro atoms. The normalized spacial score (nSPS) is 12.2. The maximum Gasteiger partial charge on any atom is 0.324 e. The van der Waals surface area contributed by atoms with Crippen LogP contribution in [0.4, 0.5) is 5.69 Å². The fraction of sp³-hybridized carbons (Fsp3) is 0.417. The molecule has 0 saturated heterocycles. The van der Waals surface area contributed by atoms with Crippen LogP contribution in [0.25, 0.3) is 0 Å². The van der Waals surface area contributed by atoms with Crippen LogP contribution in [0, 0.1) is 0 Å². The van der Waals surface area contributed by atoms with E-state index in [1.807, 2.05) is 0 Å². The average Bonchev–Trinajstić information content (AvgIpc) is 2.22. The van der Waals surface area contributed by atoms with Gasteiger partial charge in [0, 0.05) is 10.6 Å². The molecule has 0 aromatic heterocycles. The SMILES string of the molecule is CC(C)(C)NS(=O)(=O)N(CC(=O)O)c1cccc(Cl)c1. The zero-order valence-corrected chi connectivity index (χ0v) is 13.0. The van der Waals surface area contributed by atoms with Crippen LogP contribution in [0.3, 0.4) is 0 Å². The quantitative estimate of drug-likeness (QED) is 0.867. The highest BCUT2D eigenvalue weighted by Gasteiger charge is 2.29. The number of rotatable bonds is 5. The third kappa shape index (κ3) is 4.99. The summed E-state index contributed by atoms with van der Waals surface area (Å²) in [6, 6.07) is 6.01. The van der Waals surface area contributed by atoms with Crippen LogP contribution in [0.2, 0.25) is 5.02 Å². The van der Waals surface area contributed by atoms with E-state index in [1.54, 1.807) is 32.9 Å². The molecule has 0 heterocycles. The predicted octanol–water partition coefficient (Wildman–Crippen LogP) is 1.86. The van der Waals surface area contributed by atoms with Crippen molar-refractivity contribution < 1.29 is 18.3 Å². The second-order valence-electron chi connectivity index (χ2n) is 5.24. The minimum Gasteiger partial charge on any atom is -0.480 e. The number of nitrogens with one attached hydrogen (secondary N) is 1. The van der Waals surface area contributed by atoms with Crippen molar-refractivity contribution in [2.24, 2.45) is 0 Å². The average molecular weight is 321 g/mol. The Bertz CT molecular complexity index is 596. The highest BCUT2D eigenvalue weighted by atomic mass is 35.5. The van der Waals surface area contributed by atoms with Crippen LogP contribution in [-0.2, 0) is 15.0 Å². The molecule has 0 aliphatic carbocycles. The zero-order valence-electron chi connectivity index (χ0n) is 11.4. The Labute approximate surface area is 123 Å². The van der Waals surface area contributed by atoms with Crippen molar-refractivity contribution in [3.63, 3.8) is 0 Å². The van der Waals surface area contributed by atoms with E-state index in [2.05, 4.69) is 4.72 Å². The van der Waals surface area contributed by atoms with Crippen molar-refractivity contribution in [3.8, 4) is 0 Å². The van der Waals surface area contributed by atoms with Gasteiger partial charge in [0.15, 0.2) is 0 Å². The Morgan fingerprint density at radius 2 is 2.00 bits per heavy atom. The molecular weight excluding hydrogens is 304 g/mol. The second kappa shape index (κ2) is 5.99. The lowest BCUT2D eigenvalue weighted by atomic mass is 10.1. The first-order valence-electron chi connectivity index (χ1n) is 5.80. The number of anilines is 1. The fourth-order valence-corrected chi connectivity index (χ4v) is 3.25. The Balaban J connectivity index is 3.23. The summed E-state index contributed by atoms with van der Waals surface area (Å²) in [6.45, 7) is 4.32. The van der Waals surface area contributed by atoms with Gasteiger partial charge in [-0.2, -0.15) is 13.1 Å². The first kappa shape index (κ1) is 16.7. The molecule has 0 fully saturated rings. The molecule has 6 nitrogen and oxygen atoms in total. The van der Waals surface area contributed by atoms with Gasteiger partial charge in [-0.15, -0.1) is 0 Å². The summed E-state index contributed by atoms with van der Waals surface area (Å²) < 4.78 is 27.8. The molecule has 1 rings (SSSR count). The highest BCUT2D eigenvalue weighted by Crippen LogP contribution is 2.22. The summed E-state index contributed by atoms with van der Waals surface area (Å²) in [6.07, 6.45) is 0. The second-order valence-corrected chi connectivity index (χ2v) is 7.27. The van der Waals surface area contributed by atoms with Crippen molar-refractivity contribution in [2.45, 2.75) is 26.3 Å². The molecule has 112 valence electrons. The molecular formula is C12H17ClN2O4S. The summed E-state index contributed by atoms with van der Waals surface area (Å²) in [7, 11) is -4.00. The number of benzene rings is 1. The number of nitrogens with zero attached hydrogens (tertiary/aromatic N) is 1. The number of aliphatic carboxylic acids is 1. The van der Waals surface area contributed by atoms with Crippen LogP contribution in [0.15, 0.2) is 24.3 Å². The zero-order chi connectivity index (χ0) is 15.6. The molecule has 2 N–H and O–H groups in total. The van der Waals surface area contributed by atoms with E-state index in [-0.39, 0.29) is 5.69 Å². The van der Waals surface area contributed by atoms with Crippen LogP contribution >= 0.6 is 11.6 Å². The maximum absolute atomic E-state index is 12.3. The number of carboxylic acids is 1. The van der Waals surface area contributed by atoms with Gasteiger partial charge in [0.1, 0.15) is 6.54 Å². The number of carboxylic acid groups (broad SMARTS) is 1. The Morgan fingerprint density at radius 1 is 1.40 bits per heavy atom. The van der Waals surface area contributed by atoms with Gasteiger partial charge in [0.05, 0.1) is 5.69 Å². The smallest absolute Gasteiger partial charge is 0.324 e. The van der Waals surface area contributed by atoms with Crippen molar-refractivity contribution >= 4 is 33.5 Å². The molecule has 1 aromatic carbocycles. The van der Waals surface area contributed by atoms with Crippen molar-refractivity contribution in [1.29, 1.82) is 0 Å². The van der Waals surface area contributed by atoms with Gasteiger partial charge in [-0.3, -0.25) is 4.79 Å². The van der Waals surface area contributed by atoms with Crippen LogP contribution in [-0.4, -0.2) is 31.6 Å². The van der Waals surface area contributed by atoms with E-state index in [4.69, 9.17) is 16.7 Å². The molecule has 0 unspecified atom stereocenters. The van der Waals surface area contributed by atoms with E-state index < -0.39 is 28.3 Å². The minimum absolute atomic E-state index is 0.191. The molecule has 0 amide bonds. The first-order chi connectivity index (χ1) is 9.01. The Hall–Kier alpha value is -1.31. The molecule has 0 bridgehead atoms. The number of halogens is 1. The largest absolute Gasteiger partial charge is 0.480 e. The van der Waals surface area contributed by atoms with E-state index in [0.717, 1.165) is 4.31 Å². The van der Waals surface area contributed by atoms with Crippen LogP contribution in [0.1, 0.15) is 20.8 Å². The van der Waals surface area contributed by atoms with Crippen LogP contribution in [0.5, 0.6) is 0 Å². The third-order valence-corrected chi connectivity index (χ3v) is 4.13. The van der Waals surface area contributed by atoms with Gasteiger partial charge >= 0.3 is 16.2 Å². The number of carbonyl (C=O) groups is 1. The lowest BCUT2D eigenvalue weighted by Gasteiger charge is -2.28. The third-order valence-electron chi connectivity index (χ3n) is 2.10. The summed E-state index contributed by atoms with van der Waals surface area (Å²) in [5.74, 6) is -1.26. The summed E-state index contributed by atoms with van der Waals surface area (Å²) in [5.41, 5.74) is -0.537. The lowest BCUT2D eigenvalue weighted by Crippen LogP contribution is -2.50. The topological polar surface area (TPSA) is 86.7 Å². The summed E-state index contributed by atoms with van der Waals surface area (Å²) in [5, 5.41) is 9.23. The molecule has 0 saturated carbocycles. The Morgan fingerprint density at radius 3 is 2.45 bits per heavy atom. The monoisotopic (exact) mass is 320 g/mol. The van der Waals surface area contributed by atoms with Crippen LogP contribution < -0.4 is 9.03 Å².